The highest BCUT2D eigenvalue weighted by Crippen LogP contribution is 1.95. The second-order valence-corrected chi connectivity index (χ2v) is 3.48. The number of nitrogens with one attached hydrogen (secondary N) is 1. The van der Waals surface area contributed by atoms with Crippen LogP contribution >= 0.6 is 0 Å². The summed E-state index contributed by atoms with van der Waals surface area (Å²) in [7, 11) is 0. The Hall–Kier alpha value is -0.930. The van der Waals surface area contributed by atoms with Crippen molar-refractivity contribution in [3.63, 3.8) is 0 Å². The molecular formula is C11H18N2O. The first-order valence-corrected chi connectivity index (χ1v) is 5.00. The van der Waals surface area contributed by atoms with Crippen LogP contribution in [0.4, 0.5) is 0 Å². The third-order valence-electron chi connectivity index (χ3n) is 1.78. The lowest BCUT2D eigenvalue weighted by Crippen LogP contribution is -2.26. The highest BCUT2D eigenvalue weighted by Gasteiger charge is 1.94. The summed E-state index contributed by atoms with van der Waals surface area (Å²) in [5.41, 5.74) is 0.983. The largest absolute Gasteiger partial charge is 0.374 e. The summed E-state index contributed by atoms with van der Waals surface area (Å²) in [6.07, 6.45) is 1.78. The molecule has 0 aromatic carbocycles. The zero-order chi connectivity index (χ0) is 10.2. The average Bonchev–Trinajstić information content (AvgIpc) is 2.18. The van der Waals surface area contributed by atoms with Crippen LogP contribution in [-0.2, 0) is 11.3 Å². The maximum absolute atomic E-state index is 5.45. The molecule has 0 aliphatic heterocycles. The van der Waals surface area contributed by atoms with Crippen LogP contribution in [-0.4, -0.2) is 24.2 Å². The van der Waals surface area contributed by atoms with Crippen LogP contribution in [0, 0.1) is 0 Å². The van der Waals surface area contributed by atoms with Crippen molar-refractivity contribution in [2.24, 2.45) is 0 Å². The van der Waals surface area contributed by atoms with Gasteiger partial charge in [0.2, 0.25) is 0 Å². The van der Waals surface area contributed by atoms with Crippen molar-refractivity contribution in [1.82, 2.24) is 10.3 Å². The number of hydrogen-bond donors (Lipinski definition) is 1. The molecular weight excluding hydrogens is 176 g/mol. The standard InChI is InChI=1S/C11H18N2O/c1-10(2)12-7-8-14-9-11-5-3-4-6-13-11/h3-6,10,12H,7-9H2,1-2H3. The number of hydrogen-bond acceptors (Lipinski definition) is 3. The van der Waals surface area contributed by atoms with Gasteiger partial charge in [-0.3, -0.25) is 4.98 Å². The van der Waals surface area contributed by atoms with Crippen LogP contribution in [0.2, 0.25) is 0 Å². The van der Waals surface area contributed by atoms with E-state index in [4.69, 9.17) is 4.74 Å². The highest BCUT2D eigenvalue weighted by atomic mass is 16.5. The van der Waals surface area contributed by atoms with Crippen molar-refractivity contribution in [3.8, 4) is 0 Å². The van der Waals surface area contributed by atoms with Crippen molar-refractivity contribution < 1.29 is 4.74 Å². The first-order valence-electron chi connectivity index (χ1n) is 5.00. The van der Waals surface area contributed by atoms with E-state index in [-0.39, 0.29) is 0 Å². The van der Waals surface area contributed by atoms with Gasteiger partial charge in [-0.15, -0.1) is 0 Å². The Morgan fingerprint density at radius 3 is 2.93 bits per heavy atom. The molecule has 0 bridgehead atoms. The Bertz CT molecular complexity index is 236. The summed E-state index contributed by atoms with van der Waals surface area (Å²) in [4.78, 5) is 4.17. The van der Waals surface area contributed by atoms with Crippen LogP contribution in [0.5, 0.6) is 0 Å². The molecule has 0 spiro atoms. The highest BCUT2D eigenvalue weighted by molar-refractivity contribution is 5.01. The van der Waals surface area contributed by atoms with E-state index >= 15 is 0 Å². The molecule has 3 nitrogen and oxygen atoms in total. The van der Waals surface area contributed by atoms with Gasteiger partial charge in [0.1, 0.15) is 0 Å². The quantitative estimate of drug-likeness (QED) is 0.698. The van der Waals surface area contributed by atoms with Crippen LogP contribution in [0.3, 0.4) is 0 Å². The van der Waals surface area contributed by atoms with Crippen molar-refractivity contribution >= 4 is 0 Å². The van der Waals surface area contributed by atoms with Crippen LogP contribution in [0.15, 0.2) is 24.4 Å². The third-order valence-corrected chi connectivity index (χ3v) is 1.78. The van der Waals surface area contributed by atoms with E-state index in [1.165, 1.54) is 0 Å². The minimum absolute atomic E-state index is 0.522. The monoisotopic (exact) mass is 194 g/mol. The van der Waals surface area contributed by atoms with Crippen LogP contribution < -0.4 is 5.32 Å². The minimum Gasteiger partial charge on any atom is -0.374 e. The summed E-state index contributed by atoms with van der Waals surface area (Å²) in [6, 6.07) is 6.37. The normalized spacial score (nSPS) is 10.8. The molecule has 0 saturated heterocycles. The average molecular weight is 194 g/mol. The lowest BCUT2D eigenvalue weighted by atomic mass is 10.4. The van der Waals surface area contributed by atoms with Crippen molar-refractivity contribution in [2.45, 2.75) is 26.5 Å². The van der Waals surface area contributed by atoms with E-state index in [2.05, 4.69) is 24.1 Å². The number of pyridine rings is 1. The molecule has 0 saturated carbocycles. The molecule has 0 amide bonds. The van der Waals surface area contributed by atoms with E-state index in [9.17, 15) is 0 Å². The van der Waals surface area contributed by atoms with E-state index in [0.717, 1.165) is 18.8 Å². The maximum Gasteiger partial charge on any atom is 0.0888 e. The molecule has 0 radical (unpaired) electrons. The number of nitrogens with zero attached hydrogens (tertiary/aromatic N) is 1. The summed E-state index contributed by atoms with van der Waals surface area (Å²) < 4.78 is 5.45. The lowest BCUT2D eigenvalue weighted by Gasteiger charge is -2.08. The Kier molecular flexibility index (Phi) is 5.19. The second-order valence-electron chi connectivity index (χ2n) is 3.48. The van der Waals surface area contributed by atoms with Gasteiger partial charge >= 0.3 is 0 Å². The summed E-state index contributed by atoms with van der Waals surface area (Å²) in [5, 5.41) is 3.29. The predicted molar refractivity (Wildman–Crippen MR) is 57.0 cm³/mol. The second kappa shape index (κ2) is 6.51. The molecule has 0 aliphatic carbocycles. The van der Waals surface area contributed by atoms with Gasteiger partial charge in [-0.2, -0.15) is 0 Å². The van der Waals surface area contributed by atoms with Crippen LogP contribution in [0.1, 0.15) is 19.5 Å². The Labute approximate surface area is 85.5 Å². The molecule has 1 N–H and O–H groups in total. The Morgan fingerprint density at radius 1 is 1.43 bits per heavy atom. The first kappa shape index (κ1) is 11.1. The smallest absolute Gasteiger partial charge is 0.0888 e. The van der Waals surface area contributed by atoms with Gasteiger partial charge in [-0.05, 0) is 12.1 Å². The molecule has 0 fully saturated rings. The van der Waals surface area contributed by atoms with Crippen molar-refractivity contribution in [3.05, 3.63) is 30.1 Å². The Morgan fingerprint density at radius 2 is 2.29 bits per heavy atom. The van der Waals surface area contributed by atoms with Gasteiger partial charge in [-0.1, -0.05) is 19.9 Å². The minimum atomic E-state index is 0.522. The van der Waals surface area contributed by atoms with E-state index in [0.29, 0.717) is 12.6 Å². The lowest BCUT2D eigenvalue weighted by molar-refractivity contribution is 0.119. The fraction of sp³-hybridized carbons (Fsp3) is 0.545. The van der Waals surface area contributed by atoms with E-state index < -0.39 is 0 Å². The zero-order valence-corrected chi connectivity index (χ0v) is 8.86. The van der Waals surface area contributed by atoms with E-state index in [1.807, 2.05) is 18.2 Å². The molecule has 0 aliphatic rings. The molecule has 0 atom stereocenters. The fourth-order valence-electron chi connectivity index (χ4n) is 1.08. The van der Waals surface area contributed by atoms with Gasteiger partial charge < -0.3 is 10.1 Å². The number of aromatic nitrogens is 1. The van der Waals surface area contributed by atoms with Crippen molar-refractivity contribution in [1.29, 1.82) is 0 Å². The Balaban J connectivity index is 2.05. The van der Waals surface area contributed by atoms with Gasteiger partial charge in [0.05, 0.1) is 18.9 Å². The molecule has 1 aromatic heterocycles. The fourth-order valence-corrected chi connectivity index (χ4v) is 1.08. The molecule has 0 unspecified atom stereocenters. The molecule has 14 heavy (non-hydrogen) atoms. The van der Waals surface area contributed by atoms with Gasteiger partial charge in [-0.25, -0.2) is 0 Å². The maximum atomic E-state index is 5.45. The van der Waals surface area contributed by atoms with Gasteiger partial charge in [0, 0.05) is 18.8 Å². The van der Waals surface area contributed by atoms with E-state index in [1.54, 1.807) is 6.20 Å². The van der Waals surface area contributed by atoms with Gasteiger partial charge in [0.25, 0.3) is 0 Å². The molecule has 1 rings (SSSR count). The summed E-state index contributed by atoms with van der Waals surface area (Å²) in [5.74, 6) is 0. The zero-order valence-electron chi connectivity index (χ0n) is 8.86. The molecule has 1 heterocycles. The number of rotatable bonds is 6. The van der Waals surface area contributed by atoms with Gasteiger partial charge in [0.15, 0.2) is 0 Å². The summed E-state index contributed by atoms with van der Waals surface area (Å²) >= 11 is 0. The van der Waals surface area contributed by atoms with Crippen molar-refractivity contribution in [2.75, 3.05) is 13.2 Å². The topological polar surface area (TPSA) is 34.1 Å². The molecule has 1 aromatic rings. The summed E-state index contributed by atoms with van der Waals surface area (Å²) in [6.45, 7) is 6.47. The SMILES string of the molecule is CC(C)NCCOCc1ccccn1. The third kappa shape index (κ3) is 4.94. The predicted octanol–water partition coefficient (Wildman–Crippen LogP) is 1.60. The molecule has 3 heteroatoms. The number of ether oxygens (including phenoxy) is 1. The van der Waals surface area contributed by atoms with Crippen LogP contribution in [0.25, 0.3) is 0 Å². The molecule has 78 valence electrons. The first-order chi connectivity index (χ1) is 6.79.